The van der Waals surface area contributed by atoms with Gasteiger partial charge in [-0.3, -0.25) is 0 Å². The Morgan fingerprint density at radius 2 is 1.39 bits per heavy atom. The third-order valence-electron chi connectivity index (χ3n) is 2.59. The Kier molecular flexibility index (Phi) is 4.97. The van der Waals surface area contributed by atoms with Crippen LogP contribution in [-0.2, 0) is 0 Å². The first kappa shape index (κ1) is 13.3. The van der Waals surface area contributed by atoms with Crippen molar-refractivity contribution in [2.24, 2.45) is 0 Å². The van der Waals surface area contributed by atoms with Crippen LogP contribution < -0.4 is 0 Å². The van der Waals surface area contributed by atoms with Crippen LogP contribution in [0.25, 0.3) is 9.81 Å². The minimum absolute atomic E-state index is 1.04. The molecule has 0 nitrogen and oxygen atoms in total. The summed E-state index contributed by atoms with van der Waals surface area (Å²) in [6, 6.07) is 20.8. The van der Waals surface area contributed by atoms with Crippen molar-refractivity contribution >= 4 is 34.2 Å². The lowest BCUT2D eigenvalue weighted by Gasteiger charge is -2.11. The Morgan fingerprint density at radius 3 is 1.89 bits per heavy atom. The molecule has 0 amide bonds. The van der Waals surface area contributed by atoms with Crippen LogP contribution in [-0.4, -0.2) is 5.75 Å². The van der Waals surface area contributed by atoms with Crippen LogP contribution in [0.3, 0.4) is 0 Å². The summed E-state index contributed by atoms with van der Waals surface area (Å²) in [7, 11) is 0. The first-order valence-electron chi connectivity index (χ1n) is 5.99. The molecule has 2 aromatic carbocycles. The van der Waals surface area contributed by atoms with E-state index in [9.17, 15) is 0 Å². The molecule has 0 aliphatic carbocycles. The third-order valence-corrected chi connectivity index (χ3v) is 4.24. The van der Waals surface area contributed by atoms with Crippen LogP contribution in [0.1, 0.15) is 18.1 Å². The zero-order valence-electron chi connectivity index (χ0n) is 10.3. The zero-order valence-corrected chi connectivity index (χ0v) is 12.0. The molecule has 0 atom stereocenters. The van der Waals surface area contributed by atoms with Gasteiger partial charge in [-0.1, -0.05) is 67.6 Å². The van der Waals surface area contributed by atoms with Gasteiger partial charge in [-0.15, -0.1) is 24.4 Å². The fourth-order valence-corrected chi connectivity index (χ4v) is 3.07. The van der Waals surface area contributed by atoms with Crippen molar-refractivity contribution in [3.63, 3.8) is 0 Å². The maximum absolute atomic E-state index is 4.72. The predicted octanol–water partition coefficient (Wildman–Crippen LogP) is 5.20. The average molecular weight is 272 g/mol. The van der Waals surface area contributed by atoms with E-state index in [0.29, 0.717) is 0 Å². The quantitative estimate of drug-likeness (QED) is 0.590. The molecule has 2 rings (SSSR count). The van der Waals surface area contributed by atoms with E-state index in [1.165, 1.54) is 16.0 Å². The summed E-state index contributed by atoms with van der Waals surface area (Å²) < 4.78 is 0. The minimum atomic E-state index is 1.04. The lowest BCUT2D eigenvalue weighted by atomic mass is 10.1. The molecule has 0 heterocycles. The summed E-state index contributed by atoms with van der Waals surface area (Å²) in [4.78, 5) is 2.29. The smallest absolute Gasteiger partial charge is 0.0284 e. The summed E-state index contributed by atoms with van der Waals surface area (Å²) in [5, 5.41) is 0. The van der Waals surface area contributed by atoms with Gasteiger partial charge in [-0.25, -0.2) is 0 Å². The van der Waals surface area contributed by atoms with Crippen molar-refractivity contribution in [3.05, 3.63) is 71.8 Å². The SMILES string of the molecule is CCS/C(=C(\S)c1ccccc1)c1ccccc1. The van der Waals surface area contributed by atoms with Crippen LogP contribution >= 0.6 is 24.4 Å². The fraction of sp³-hybridized carbons (Fsp3) is 0.125. The van der Waals surface area contributed by atoms with Crippen LogP contribution in [0.15, 0.2) is 60.7 Å². The normalized spacial score (nSPS) is 12.1. The average Bonchev–Trinajstić information content (AvgIpc) is 2.46. The van der Waals surface area contributed by atoms with E-state index in [-0.39, 0.29) is 0 Å². The van der Waals surface area contributed by atoms with E-state index < -0.39 is 0 Å². The number of hydrogen-bond acceptors (Lipinski definition) is 2. The van der Waals surface area contributed by atoms with Crippen molar-refractivity contribution in [1.29, 1.82) is 0 Å². The molecule has 18 heavy (non-hydrogen) atoms. The maximum atomic E-state index is 4.72. The van der Waals surface area contributed by atoms with Gasteiger partial charge in [-0.05, 0) is 16.9 Å². The first-order valence-corrected chi connectivity index (χ1v) is 7.43. The van der Waals surface area contributed by atoms with Gasteiger partial charge >= 0.3 is 0 Å². The highest BCUT2D eigenvalue weighted by atomic mass is 32.2. The van der Waals surface area contributed by atoms with E-state index >= 15 is 0 Å². The zero-order chi connectivity index (χ0) is 12.8. The van der Waals surface area contributed by atoms with Gasteiger partial charge in [0.2, 0.25) is 0 Å². The lowest BCUT2D eigenvalue weighted by Crippen LogP contribution is -1.85. The second-order valence-corrected chi connectivity index (χ2v) is 5.56. The van der Waals surface area contributed by atoms with E-state index in [0.717, 1.165) is 10.7 Å². The Morgan fingerprint density at radius 1 is 0.889 bits per heavy atom. The second kappa shape index (κ2) is 6.72. The molecule has 92 valence electrons. The highest BCUT2D eigenvalue weighted by Gasteiger charge is 2.08. The fourth-order valence-electron chi connectivity index (χ4n) is 1.75. The van der Waals surface area contributed by atoms with Crippen LogP contribution in [0.5, 0.6) is 0 Å². The second-order valence-electron chi connectivity index (χ2n) is 3.84. The van der Waals surface area contributed by atoms with E-state index in [1.54, 1.807) is 0 Å². The molecule has 0 aliphatic heterocycles. The van der Waals surface area contributed by atoms with Crippen LogP contribution in [0, 0.1) is 0 Å². The van der Waals surface area contributed by atoms with Gasteiger partial charge in [0.05, 0.1) is 0 Å². The number of thiol groups is 1. The largest absolute Gasteiger partial charge is 0.142 e. The summed E-state index contributed by atoms with van der Waals surface area (Å²) >= 11 is 6.55. The Hall–Kier alpha value is -1.12. The van der Waals surface area contributed by atoms with Gasteiger partial charge < -0.3 is 0 Å². The summed E-state index contributed by atoms with van der Waals surface area (Å²) in [5.41, 5.74) is 2.40. The van der Waals surface area contributed by atoms with Gasteiger partial charge in [-0.2, -0.15) is 0 Å². The lowest BCUT2D eigenvalue weighted by molar-refractivity contribution is 1.53. The van der Waals surface area contributed by atoms with Crippen molar-refractivity contribution < 1.29 is 0 Å². The third kappa shape index (κ3) is 3.21. The van der Waals surface area contributed by atoms with E-state index in [4.69, 9.17) is 12.6 Å². The molecule has 0 radical (unpaired) electrons. The Balaban J connectivity index is 2.47. The highest BCUT2D eigenvalue weighted by molar-refractivity contribution is 8.10. The molecule has 0 N–H and O–H groups in total. The molecule has 0 fully saturated rings. The van der Waals surface area contributed by atoms with Crippen molar-refractivity contribution in [3.8, 4) is 0 Å². The summed E-state index contributed by atoms with van der Waals surface area (Å²) in [6.07, 6.45) is 0. The molecule has 2 heteroatoms. The molecule has 0 saturated heterocycles. The molecular weight excluding hydrogens is 256 g/mol. The number of thioether (sulfide) groups is 1. The maximum Gasteiger partial charge on any atom is 0.0284 e. The molecular formula is C16H16S2. The molecule has 0 saturated carbocycles. The summed E-state index contributed by atoms with van der Waals surface area (Å²) in [5.74, 6) is 1.04. The topological polar surface area (TPSA) is 0 Å². The number of hydrogen-bond donors (Lipinski definition) is 1. The van der Waals surface area contributed by atoms with Crippen LogP contribution in [0.2, 0.25) is 0 Å². The Bertz CT molecular complexity index is 515. The molecule has 0 aromatic heterocycles. The number of rotatable bonds is 4. The number of benzene rings is 2. The van der Waals surface area contributed by atoms with E-state index in [2.05, 4.69) is 43.3 Å². The molecule has 0 spiro atoms. The highest BCUT2D eigenvalue weighted by Crippen LogP contribution is 2.37. The van der Waals surface area contributed by atoms with Crippen molar-refractivity contribution in [1.82, 2.24) is 0 Å². The van der Waals surface area contributed by atoms with Gasteiger partial charge in [0, 0.05) is 9.81 Å². The molecule has 0 aliphatic rings. The Labute approximate surface area is 119 Å². The van der Waals surface area contributed by atoms with Crippen molar-refractivity contribution in [2.45, 2.75) is 6.92 Å². The molecule has 0 bridgehead atoms. The molecule has 2 aromatic rings. The first-order chi connectivity index (χ1) is 8.83. The van der Waals surface area contributed by atoms with E-state index in [1.807, 2.05) is 36.0 Å². The predicted molar refractivity (Wildman–Crippen MR) is 86.8 cm³/mol. The molecule has 0 unspecified atom stereocenters. The van der Waals surface area contributed by atoms with Gasteiger partial charge in [0.15, 0.2) is 0 Å². The van der Waals surface area contributed by atoms with Crippen LogP contribution in [0.4, 0.5) is 0 Å². The van der Waals surface area contributed by atoms with Gasteiger partial charge in [0.1, 0.15) is 0 Å². The summed E-state index contributed by atoms with van der Waals surface area (Å²) in [6.45, 7) is 2.17. The monoisotopic (exact) mass is 272 g/mol. The van der Waals surface area contributed by atoms with Crippen molar-refractivity contribution in [2.75, 3.05) is 5.75 Å². The minimum Gasteiger partial charge on any atom is -0.142 e. The standard InChI is InChI=1S/C16H16S2/c1-2-18-16(14-11-7-4-8-12-14)15(17)13-9-5-3-6-10-13/h3-12,17H,2H2,1H3/b16-15-. The van der Waals surface area contributed by atoms with Gasteiger partial charge in [0.25, 0.3) is 0 Å².